The molecule has 0 atom stereocenters. The first-order valence-electron chi connectivity index (χ1n) is 5.93. The lowest BCUT2D eigenvalue weighted by molar-refractivity contribution is 0.0691. The van der Waals surface area contributed by atoms with E-state index in [2.05, 4.69) is 20.9 Å². The first-order chi connectivity index (χ1) is 10.1. The summed E-state index contributed by atoms with van der Waals surface area (Å²) in [6.07, 6.45) is 1.51. The summed E-state index contributed by atoms with van der Waals surface area (Å²) in [5.41, 5.74) is 1.76. The van der Waals surface area contributed by atoms with Crippen LogP contribution in [0.4, 0.5) is 0 Å². The average Bonchev–Trinajstić information content (AvgIpc) is 3.10. The molecule has 0 saturated carbocycles. The van der Waals surface area contributed by atoms with Gasteiger partial charge in [-0.25, -0.2) is 9.78 Å². The second kappa shape index (κ2) is 4.47. The molecule has 3 heterocycles. The van der Waals surface area contributed by atoms with Crippen LogP contribution in [0.25, 0.3) is 16.2 Å². The second-order valence-electron chi connectivity index (χ2n) is 4.39. The maximum atomic E-state index is 11.0. The lowest BCUT2D eigenvalue weighted by atomic mass is 10.1. The smallest absolute Gasteiger partial charge is 0.356 e. The van der Waals surface area contributed by atoms with Crippen LogP contribution in [0.15, 0.2) is 28.2 Å². The minimum Gasteiger partial charge on any atom is -0.476 e. The van der Waals surface area contributed by atoms with E-state index in [4.69, 9.17) is 14.6 Å². The predicted octanol–water partition coefficient (Wildman–Crippen LogP) is 3.25. The molecule has 1 aliphatic heterocycles. The molecule has 0 aliphatic carbocycles. The molecule has 0 spiro atoms. The molecule has 0 bridgehead atoms. The molecule has 1 aliphatic rings. The van der Waals surface area contributed by atoms with Crippen LogP contribution in [0.5, 0.6) is 11.5 Å². The van der Waals surface area contributed by atoms with E-state index in [1.54, 1.807) is 4.40 Å². The van der Waals surface area contributed by atoms with Crippen molar-refractivity contribution in [3.8, 4) is 22.8 Å². The Morgan fingerprint density at radius 2 is 2.14 bits per heavy atom. The van der Waals surface area contributed by atoms with Crippen molar-refractivity contribution in [2.75, 3.05) is 6.79 Å². The summed E-state index contributed by atoms with van der Waals surface area (Å²) in [6, 6.07) is 3.71. The van der Waals surface area contributed by atoms with Crippen LogP contribution >= 0.6 is 27.3 Å². The molecular formula is C13H7BrN2O4S. The number of fused-ring (bicyclic) bond motifs is 2. The van der Waals surface area contributed by atoms with E-state index in [0.29, 0.717) is 16.5 Å². The van der Waals surface area contributed by atoms with Gasteiger partial charge in [0.05, 0.1) is 5.69 Å². The van der Waals surface area contributed by atoms with Gasteiger partial charge in [0.2, 0.25) is 6.79 Å². The van der Waals surface area contributed by atoms with Crippen molar-refractivity contribution in [2.45, 2.75) is 0 Å². The van der Waals surface area contributed by atoms with E-state index in [-0.39, 0.29) is 12.5 Å². The summed E-state index contributed by atoms with van der Waals surface area (Å²) in [5, 5.41) is 11.0. The topological polar surface area (TPSA) is 73.1 Å². The average molecular weight is 367 g/mol. The van der Waals surface area contributed by atoms with Crippen LogP contribution < -0.4 is 9.47 Å². The van der Waals surface area contributed by atoms with Crippen molar-refractivity contribution in [3.05, 3.63) is 33.9 Å². The fraction of sp³-hybridized carbons (Fsp3) is 0.0769. The molecule has 0 fully saturated rings. The lowest BCUT2D eigenvalue weighted by Crippen LogP contribution is -1.95. The van der Waals surface area contributed by atoms with E-state index in [9.17, 15) is 4.79 Å². The van der Waals surface area contributed by atoms with Gasteiger partial charge >= 0.3 is 5.97 Å². The first-order valence-corrected chi connectivity index (χ1v) is 7.60. The molecule has 4 rings (SSSR count). The second-order valence-corrected chi connectivity index (χ2v) is 6.08. The van der Waals surface area contributed by atoms with Gasteiger partial charge in [-0.2, -0.15) is 0 Å². The molecule has 21 heavy (non-hydrogen) atoms. The van der Waals surface area contributed by atoms with Crippen molar-refractivity contribution < 1.29 is 19.4 Å². The van der Waals surface area contributed by atoms with Crippen molar-refractivity contribution in [2.24, 2.45) is 0 Å². The zero-order valence-electron chi connectivity index (χ0n) is 10.4. The van der Waals surface area contributed by atoms with Gasteiger partial charge in [-0.1, -0.05) is 0 Å². The van der Waals surface area contributed by atoms with Crippen molar-refractivity contribution in [1.82, 2.24) is 9.38 Å². The highest BCUT2D eigenvalue weighted by Gasteiger charge is 2.20. The molecule has 106 valence electrons. The Kier molecular flexibility index (Phi) is 2.69. The Morgan fingerprint density at radius 1 is 1.38 bits per heavy atom. The molecule has 1 N–H and O–H groups in total. The van der Waals surface area contributed by atoms with Crippen molar-refractivity contribution in [1.29, 1.82) is 0 Å². The SMILES string of the molecule is O=C(O)c1cn2c(-c3cc4c(cc3Br)OCO4)csc2n1. The highest BCUT2D eigenvalue weighted by molar-refractivity contribution is 9.10. The monoisotopic (exact) mass is 366 g/mol. The van der Waals surface area contributed by atoms with Crippen LogP contribution in [0.3, 0.4) is 0 Å². The van der Waals surface area contributed by atoms with Gasteiger partial charge in [0.15, 0.2) is 22.2 Å². The largest absolute Gasteiger partial charge is 0.476 e. The fourth-order valence-electron chi connectivity index (χ4n) is 2.19. The highest BCUT2D eigenvalue weighted by Crippen LogP contribution is 2.41. The van der Waals surface area contributed by atoms with E-state index in [1.165, 1.54) is 17.5 Å². The molecule has 0 radical (unpaired) electrons. The molecule has 0 amide bonds. The maximum Gasteiger partial charge on any atom is 0.356 e. The molecular weight excluding hydrogens is 360 g/mol. The predicted molar refractivity (Wildman–Crippen MR) is 79.3 cm³/mol. The van der Waals surface area contributed by atoms with Gasteiger partial charge in [0, 0.05) is 21.6 Å². The summed E-state index contributed by atoms with van der Waals surface area (Å²) in [4.78, 5) is 15.7. The third kappa shape index (κ3) is 1.90. The van der Waals surface area contributed by atoms with E-state index < -0.39 is 5.97 Å². The zero-order chi connectivity index (χ0) is 14.6. The molecule has 3 aromatic rings. The number of aromatic carboxylic acids is 1. The summed E-state index contributed by atoms with van der Waals surface area (Å²) >= 11 is 4.90. The van der Waals surface area contributed by atoms with Gasteiger partial charge < -0.3 is 14.6 Å². The summed E-state index contributed by atoms with van der Waals surface area (Å²) in [5.74, 6) is 0.321. The summed E-state index contributed by atoms with van der Waals surface area (Å²) in [6.45, 7) is 0.207. The molecule has 0 unspecified atom stereocenters. The van der Waals surface area contributed by atoms with Crippen LogP contribution in [-0.4, -0.2) is 27.3 Å². The van der Waals surface area contributed by atoms with E-state index in [0.717, 1.165) is 15.7 Å². The zero-order valence-corrected chi connectivity index (χ0v) is 12.8. The molecule has 0 saturated heterocycles. The number of ether oxygens (including phenoxy) is 2. The maximum absolute atomic E-state index is 11.0. The molecule has 2 aromatic heterocycles. The van der Waals surface area contributed by atoms with Crippen molar-refractivity contribution >= 4 is 38.2 Å². The highest BCUT2D eigenvalue weighted by atomic mass is 79.9. The van der Waals surface area contributed by atoms with Gasteiger partial charge in [-0.3, -0.25) is 4.40 Å². The number of rotatable bonds is 2. The Hall–Kier alpha value is -2.06. The number of halogens is 1. The molecule has 8 heteroatoms. The number of imidazole rings is 1. The van der Waals surface area contributed by atoms with Crippen molar-refractivity contribution in [3.63, 3.8) is 0 Å². The molecule has 1 aromatic carbocycles. The van der Waals surface area contributed by atoms with Gasteiger partial charge in [0.1, 0.15) is 0 Å². The van der Waals surface area contributed by atoms with E-state index >= 15 is 0 Å². The third-order valence-corrected chi connectivity index (χ3v) is 4.66. The Morgan fingerprint density at radius 3 is 2.90 bits per heavy atom. The number of carboxylic acids is 1. The summed E-state index contributed by atoms with van der Waals surface area (Å²) in [7, 11) is 0. The third-order valence-electron chi connectivity index (χ3n) is 3.17. The standard InChI is InChI=1S/C13H7BrN2O4S/c14-7-2-11-10(19-5-20-11)1-6(7)9-4-21-13-15-8(12(17)18)3-16(9)13/h1-4H,5H2,(H,17,18). The van der Waals surface area contributed by atoms with Crippen LogP contribution in [-0.2, 0) is 0 Å². The quantitative estimate of drug-likeness (QED) is 0.753. The van der Waals surface area contributed by atoms with Crippen LogP contribution in [0, 0.1) is 0 Å². The Bertz CT molecular complexity index is 886. The number of hydrogen-bond acceptors (Lipinski definition) is 5. The lowest BCUT2D eigenvalue weighted by Gasteiger charge is -2.05. The number of hydrogen-bond donors (Lipinski definition) is 1. The Labute approximate surface area is 130 Å². The normalized spacial score (nSPS) is 13.0. The minimum absolute atomic E-state index is 0.0277. The minimum atomic E-state index is -1.04. The van der Waals surface area contributed by atoms with E-state index in [1.807, 2.05) is 17.5 Å². The number of carboxylic acid groups (broad SMARTS) is 1. The van der Waals surface area contributed by atoms with Gasteiger partial charge in [-0.05, 0) is 28.1 Å². The number of thiazole rings is 1. The number of carbonyl (C=O) groups is 1. The number of benzene rings is 1. The Balaban J connectivity index is 1.92. The number of aromatic nitrogens is 2. The summed E-state index contributed by atoms with van der Waals surface area (Å²) < 4.78 is 13.3. The number of nitrogens with zero attached hydrogens (tertiary/aromatic N) is 2. The first kappa shape index (κ1) is 12.7. The van der Waals surface area contributed by atoms with Crippen LogP contribution in [0.2, 0.25) is 0 Å². The fourth-order valence-corrected chi connectivity index (χ4v) is 3.59. The van der Waals surface area contributed by atoms with Crippen LogP contribution in [0.1, 0.15) is 10.5 Å². The van der Waals surface area contributed by atoms with Gasteiger partial charge in [0.25, 0.3) is 0 Å². The van der Waals surface area contributed by atoms with Gasteiger partial charge in [-0.15, -0.1) is 11.3 Å². The molecule has 6 nitrogen and oxygen atoms in total.